The van der Waals surface area contributed by atoms with Gasteiger partial charge in [-0.2, -0.15) is 4.72 Å². The molecular weight excluding hydrogens is 374 g/mol. The summed E-state index contributed by atoms with van der Waals surface area (Å²) in [7, 11) is -4.00. The van der Waals surface area contributed by atoms with Gasteiger partial charge in [-0.3, -0.25) is 9.59 Å². The largest absolute Gasteiger partial charge is 0.480 e. The van der Waals surface area contributed by atoms with Crippen molar-refractivity contribution in [1.82, 2.24) is 10.0 Å². The molecule has 4 N–H and O–H groups in total. The predicted octanol–water partition coefficient (Wildman–Crippen LogP) is 0.927. The first-order valence-corrected chi connectivity index (χ1v) is 9.84. The van der Waals surface area contributed by atoms with Crippen molar-refractivity contribution in [3.8, 4) is 0 Å². The molecule has 0 aliphatic carbocycles. The van der Waals surface area contributed by atoms with Gasteiger partial charge in [-0.1, -0.05) is 13.8 Å². The number of carbonyl (C=O) groups excluding carboxylic acids is 2. The lowest BCUT2D eigenvalue weighted by Gasteiger charge is -2.20. The summed E-state index contributed by atoms with van der Waals surface area (Å²) in [5.74, 6) is -2.16. The Kier molecular flexibility index (Phi) is 7.92. The molecule has 1 aromatic carbocycles. The maximum atomic E-state index is 12.4. The van der Waals surface area contributed by atoms with Gasteiger partial charge in [-0.05, 0) is 43.5 Å². The minimum Gasteiger partial charge on any atom is -0.480 e. The molecule has 0 fully saturated rings. The second-order valence-corrected chi connectivity index (χ2v) is 8.29. The zero-order valence-electron chi connectivity index (χ0n) is 15.6. The van der Waals surface area contributed by atoms with Crippen molar-refractivity contribution in [2.75, 3.05) is 5.32 Å². The van der Waals surface area contributed by atoms with Gasteiger partial charge in [0.25, 0.3) is 0 Å². The number of amides is 2. The summed E-state index contributed by atoms with van der Waals surface area (Å²) >= 11 is 0. The Bertz CT molecular complexity index is 789. The first kappa shape index (κ1) is 22.6. The molecule has 2 unspecified atom stereocenters. The molecule has 0 spiro atoms. The SMILES string of the molecule is CC(=O)Nc1ccc(S(=O)(=O)NC(C)C(=O)NC(CC(C)C)C(=O)O)cc1. The Morgan fingerprint density at radius 3 is 2.07 bits per heavy atom. The van der Waals surface area contributed by atoms with Gasteiger partial charge in [0.05, 0.1) is 10.9 Å². The van der Waals surface area contributed by atoms with Crippen LogP contribution in [0, 0.1) is 5.92 Å². The lowest BCUT2D eigenvalue weighted by atomic mass is 10.0. The second-order valence-electron chi connectivity index (χ2n) is 6.58. The van der Waals surface area contributed by atoms with Crippen LogP contribution in [0.3, 0.4) is 0 Å². The Balaban J connectivity index is 2.81. The summed E-state index contributed by atoms with van der Waals surface area (Å²) in [5, 5.41) is 14.0. The molecule has 27 heavy (non-hydrogen) atoms. The minimum atomic E-state index is -4.00. The molecule has 0 aliphatic heterocycles. The van der Waals surface area contributed by atoms with Gasteiger partial charge in [0.15, 0.2) is 0 Å². The first-order chi connectivity index (χ1) is 12.4. The molecule has 2 atom stereocenters. The van der Waals surface area contributed by atoms with E-state index in [1.165, 1.54) is 38.1 Å². The number of hydrogen-bond donors (Lipinski definition) is 4. The summed E-state index contributed by atoms with van der Waals surface area (Å²) < 4.78 is 27.0. The van der Waals surface area contributed by atoms with E-state index < -0.39 is 34.0 Å². The molecule has 0 bridgehead atoms. The van der Waals surface area contributed by atoms with Crippen LogP contribution in [0.1, 0.15) is 34.1 Å². The van der Waals surface area contributed by atoms with Gasteiger partial charge in [0, 0.05) is 12.6 Å². The van der Waals surface area contributed by atoms with E-state index in [4.69, 9.17) is 5.11 Å². The maximum absolute atomic E-state index is 12.4. The number of aliphatic carboxylic acids is 1. The molecule has 1 rings (SSSR count). The van der Waals surface area contributed by atoms with Crippen molar-refractivity contribution in [1.29, 1.82) is 0 Å². The van der Waals surface area contributed by atoms with Crippen LogP contribution in [0.2, 0.25) is 0 Å². The molecule has 0 saturated heterocycles. The van der Waals surface area contributed by atoms with Crippen LogP contribution in [0.25, 0.3) is 0 Å². The van der Waals surface area contributed by atoms with Gasteiger partial charge < -0.3 is 15.7 Å². The highest BCUT2D eigenvalue weighted by Crippen LogP contribution is 2.14. The van der Waals surface area contributed by atoms with Crippen molar-refractivity contribution >= 4 is 33.5 Å². The van der Waals surface area contributed by atoms with E-state index >= 15 is 0 Å². The van der Waals surface area contributed by atoms with E-state index in [9.17, 15) is 22.8 Å². The van der Waals surface area contributed by atoms with Crippen LogP contribution in [-0.4, -0.2) is 43.4 Å². The number of sulfonamides is 1. The topological polar surface area (TPSA) is 142 Å². The molecular formula is C17H25N3O6S. The fourth-order valence-electron chi connectivity index (χ4n) is 2.26. The summed E-state index contributed by atoms with van der Waals surface area (Å²) in [5.41, 5.74) is 0.435. The Morgan fingerprint density at radius 1 is 1.07 bits per heavy atom. The number of carboxylic acids is 1. The molecule has 1 aromatic rings. The third-order valence-electron chi connectivity index (χ3n) is 3.53. The number of carbonyl (C=O) groups is 3. The van der Waals surface area contributed by atoms with E-state index in [2.05, 4.69) is 15.4 Å². The number of anilines is 1. The van der Waals surface area contributed by atoms with E-state index in [0.29, 0.717) is 5.69 Å². The van der Waals surface area contributed by atoms with Crippen LogP contribution < -0.4 is 15.4 Å². The number of hydrogen-bond acceptors (Lipinski definition) is 5. The van der Waals surface area contributed by atoms with E-state index in [0.717, 1.165) is 0 Å². The molecule has 0 aliphatic rings. The predicted molar refractivity (Wildman–Crippen MR) is 99.6 cm³/mol. The molecule has 150 valence electrons. The highest BCUT2D eigenvalue weighted by atomic mass is 32.2. The summed E-state index contributed by atoms with van der Waals surface area (Å²) in [6.07, 6.45) is 0.227. The third kappa shape index (κ3) is 7.35. The van der Waals surface area contributed by atoms with E-state index in [-0.39, 0.29) is 23.1 Å². The Morgan fingerprint density at radius 2 is 1.63 bits per heavy atom. The number of nitrogens with one attached hydrogen (secondary N) is 3. The number of benzene rings is 1. The smallest absolute Gasteiger partial charge is 0.326 e. The van der Waals surface area contributed by atoms with E-state index in [1.807, 2.05) is 13.8 Å². The van der Waals surface area contributed by atoms with Gasteiger partial charge >= 0.3 is 5.97 Å². The lowest BCUT2D eigenvalue weighted by molar-refractivity contribution is -0.142. The molecule has 9 nitrogen and oxygen atoms in total. The Labute approximate surface area is 158 Å². The molecule has 0 heterocycles. The highest BCUT2D eigenvalue weighted by Gasteiger charge is 2.26. The van der Waals surface area contributed by atoms with Crippen LogP contribution in [0.5, 0.6) is 0 Å². The van der Waals surface area contributed by atoms with Crippen LogP contribution >= 0.6 is 0 Å². The van der Waals surface area contributed by atoms with Gasteiger partial charge in [0.2, 0.25) is 21.8 Å². The molecule has 0 aromatic heterocycles. The lowest BCUT2D eigenvalue weighted by Crippen LogP contribution is -2.50. The number of rotatable bonds is 9. The summed E-state index contributed by atoms with van der Waals surface area (Å²) in [4.78, 5) is 34.3. The van der Waals surface area contributed by atoms with Crippen LogP contribution in [-0.2, 0) is 24.4 Å². The fraction of sp³-hybridized carbons (Fsp3) is 0.471. The van der Waals surface area contributed by atoms with Gasteiger partial charge in [0.1, 0.15) is 6.04 Å². The second kappa shape index (κ2) is 9.47. The number of carboxylic acid groups (broad SMARTS) is 1. The molecule has 10 heteroatoms. The quantitative estimate of drug-likeness (QED) is 0.487. The van der Waals surface area contributed by atoms with E-state index in [1.54, 1.807) is 0 Å². The molecule has 0 radical (unpaired) electrons. The average Bonchev–Trinajstić information content (AvgIpc) is 2.53. The van der Waals surface area contributed by atoms with Crippen molar-refractivity contribution < 1.29 is 27.9 Å². The van der Waals surface area contributed by atoms with Crippen molar-refractivity contribution in [2.45, 2.75) is 51.1 Å². The summed E-state index contributed by atoms with van der Waals surface area (Å²) in [6, 6.07) is 3.15. The average molecular weight is 399 g/mol. The van der Waals surface area contributed by atoms with Gasteiger partial charge in [-0.25, -0.2) is 13.2 Å². The molecule has 0 saturated carbocycles. The maximum Gasteiger partial charge on any atom is 0.326 e. The standard InChI is InChI=1S/C17H25N3O6S/c1-10(2)9-15(17(23)24)19-16(22)11(3)20-27(25,26)14-7-5-13(6-8-14)18-12(4)21/h5-8,10-11,15,20H,9H2,1-4H3,(H,18,21)(H,19,22)(H,23,24). The first-order valence-electron chi connectivity index (χ1n) is 8.35. The zero-order chi connectivity index (χ0) is 20.8. The van der Waals surface area contributed by atoms with Crippen molar-refractivity contribution in [3.05, 3.63) is 24.3 Å². The minimum absolute atomic E-state index is 0.0422. The van der Waals surface area contributed by atoms with Gasteiger partial charge in [-0.15, -0.1) is 0 Å². The van der Waals surface area contributed by atoms with Crippen LogP contribution in [0.15, 0.2) is 29.2 Å². The monoisotopic (exact) mass is 399 g/mol. The zero-order valence-corrected chi connectivity index (χ0v) is 16.5. The Hall–Kier alpha value is -2.46. The van der Waals surface area contributed by atoms with Crippen molar-refractivity contribution in [2.24, 2.45) is 5.92 Å². The van der Waals surface area contributed by atoms with Crippen LogP contribution in [0.4, 0.5) is 5.69 Å². The third-order valence-corrected chi connectivity index (χ3v) is 5.09. The van der Waals surface area contributed by atoms with Crippen molar-refractivity contribution in [3.63, 3.8) is 0 Å². The summed E-state index contributed by atoms with van der Waals surface area (Å²) in [6.45, 7) is 6.29. The normalized spacial score (nSPS) is 13.7. The molecule has 2 amide bonds. The highest BCUT2D eigenvalue weighted by molar-refractivity contribution is 7.89. The fourth-order valence-corrected chi connectivity index (χ4v) is 3.47.